The molecule has 0 bridgehead atoms. The van der Waals surface area contributed by atoms with Gasteiger partial charge >= 0.3 is 12.0 Å². The van der Waals surface area contributed by atoms with Gasteiger partial charge in [-0.3, -0.25) is 9.69 Å². The number of esters is 1. The minimum absolute atomic E-state index is 0.0176. The van der Waals surface area contributed by atoms with Gasteiger partial charge in [-0.25, -0.2) is 14.0 Å². The number of halogens is 1. The third kappa shape index (κ3) is 5.78. The molecule has 1 aliphatic rings. The van der Waals surface area contributed by atoms with Crippen molar-refractivity contribution < 1.29 is 23.5 Å². The molecule has 3 amide bonds. The van der Waals surface area contributed by atoms with Crippen LogP contribution in [0.4, 0.5) is 14.9 Å². The van der Waals surface area contributed by atoms with Crippen molar-refractivity contribution in [2.24, 2.45) is 0 Å². The standard InChI is InChI=1S/C19H25FN4O4/c1-4-14-17(18(26)28-5-2)15(23-19(27)22-14)10-24(3)11-16(25)21-13-8-6-7-12(20)9-13/h6-9,14H,4-5,10-11H2,1-3H3,(H,21,25)(H2,22,23,27)/t14-/m1/s1. The fraction of sp³-hybridized carbons (Fsp3) is 0.421. The van der Waals surface area contributed by atoms with E-state index in [-0.39, 0.29) is 25.6 Å². The van der Waals surface area contributed by atoms with Crippen molar-refractivity contribution in [3.63, 3.8) is 0 Å². The molecule has 0 saturated heterocycles. The molecule has 1 heterocycles. The van der Waals surface area contributed by atoms with Crippen LogP contribution in [-0.2, 0) is 14.3 Å². The van der Waals surface area contributed by atoms with Gasteiger partial charge in [0.1, 0.15) is 5.82 Å². The summed E-state index contributed by atoms with van der Waals surface area (Å²) in [6.07, 6.45) is 0.523. The van der Waals surface area contributed by atoms with E-state index in [9.17, 15) is 18.8 Å². The monoisotopic (exact) mass is 392 g/mol. The maximum atomic E-state index is 13.2. The Morgan fingerprint density at radius 2 is 2.07 bits per heavy atom. The van der Waals surface area contributed by atoms with Crippen LogP contribution in [0, 0.1) is 5.82 Å². The van der Waals surface area contributed by atoms with Crippen LogP contribution in [0.1, 0.15) is 20.3 Å². The summed E-state index contributed by atoms with van der Waals surface area (Å²) in [7, 11) is 1.68. The number of amides is 3. The molecule has 152 valence electrons. The summed E-state index contributed by atoms with van der Waals surface area (Å²) in [5, 5.41) is 7.94. The van der Waals surface area contributed by atoms with Crippen molar-refractivity contribution >= 4 is 23.6 Å². The van der Waals surface area contributed by atoms with E-state index in [1.165, 1.54) is 18.2 Å². The largest absolute Gasteiger partial charge is 0.463 e. The number of carbonyl (C=O) groups is 3. The predicted molar refractivity (Wildman–Crippen MR) is 102 cm³/mol. The van der Waals surface area contributed by atoms with Gasteiger partial charge in [-0.05, 0) is 38.6 Å². The number of benzene rings is 1. The van der Waals surface area contributed by atoms with Gasteiger partial charge in [-0.1, -0.05) is 13.0 Å². The van der Waals surface area contributed by atoms with Crippen LogP contribution in [0.25, 0.3) is 0 Å². The van der Waals surface area contributed by atoms with Crippen LogP contribution in [0.15, 0.2) is 35.5 Å². The second-order valence-electron chi connectivity index (χ2n) is 6.40. The summed E-state index contributed by atoms with van der Waals surface area (Å²) in [4.78, 5) is 38.1. The van der Waals surface area contributed by atoms with Crippen LogP contribution in [0.3, 0.4) is 0 Å². The molecular weight excluding hydrogens is 367 g/mol. The van der Waals surface area contributed by atoms with E-state index >= 15 is 0 Å². The smallest absolute Gasteiger partial charge is 0.337 e. The zero-order valence-corrected chi connectivity index (χ0v) is 16.2. The quantitative estimate of drug-likeness (QED) is 0.584. The first-order valence-electron chi connectivity index (χ1n) is 9.05. The van der Waals surface area contributed by atoms with E-state index in [1.54, 1.807) is 24.9 Å². The molecule has 0 spiro atoms. The van der Waals surface area contributed by atoms with E-state index in [2.05, 4.69) is 16.0 Å². The van der Waals surface area contributed by atoms with Crippen molar-refractivity contribution in [1.82, 2.24) is 15.5 Å². The number of ether oxygens (including phenoxy) is 1. The Balaban J connectivity index is 2.09. The zero-order valence-electron chi connectivity index (χ0n) is 16.2. The number of carbonyl (C=O) groups excluding carboxylic acids is 3. The predicted octanol–water partition coefficient (Wildman–Crippen LogP) is 1.60. The number of anilines is 1. The third-order valence-corrected chi connectivity index (χ3v) is 4.10. The fourth-order valence-corrected chi connectivity index (χ4v) is 2.92. The summed E-state index contributed by atoms with van der Waals surface area (Å²) in [5.74, 6) is -1.30. The Bertz CT molecular complexity index is 781. The van der Waals surface area contributed by atoms with E-state index in [4.69, 9.17) is 4.74 Å². The molecule has 0 aromatic heterocycles. The minimum atomic E-state index is -0.505. The van der Waals surface area contributed by atoms with E-state index in [1.807, 2.05) is 6.92 Å². The Morgan fingerprint density at radius 3 is 2.71 bits per heavy atom. The lowest BCUT2D eigenvalue weighted by Crippen LogP contribution is -2.52. The molecule has 0 radical (unpaired) electrons. The van der Waals surface area contributed by atoms with Gasteiger partial charge in [0.05, 0.1) is 24.8 Å². The first kappa shape index (κ1) is 21.4. The summed E-state index contributed by atoms with van der Waals surface area (Å²) >= 11 is 0. The molecule has 28 heavy (non-hydrogen) atoms. The molecule has 9 heteroatoms. The highest BCUT2D eigenvalue weighted by Crippen LogP contribution is 2.18. The van der Waals surface area contributed by atoms with Crippen molar-refractivity contribution in [3.05, 3.63) is 41.4 Å². The topological polar surface area (TPSA) is 99.8 Å². The normalized spacial score (nSPS) is 16.5. The van der Waals surface area contributed by atoms with Crippen LogP contribution in [0.5, 0.6) is 0 Å². The van der Waals surface area contributed by atoms with Crippen molar-refractivity contribution in [2.45, 2.75) is 26.3 Å². The number of rotatable bonds is 8. The second kappa shape index (κ2) is 9.84. The molecule has 1 aliphatic heterocycles. The maximum Gasteiger partial charge on any atom is 0.337 e. The average molecular weight is 392 g/mol. The summed E-state index contributed by atoms with van der Waals surface area (Å²) < 4.78 is 18.3. The number of nitrogens with one attached hydrogen (secondary N) is 3. The van der Waals surface area contributed by atoms with Gasteiger partial charge in [0, 0.05) is 17.9 Å². The minimum Gasteiger partial charge on any atom is -0.463 e. The SMILES string of the molecule is CCOC(=O)C1=C(CN(C)CC(=O)Nc2cccc(F)c2)NC(=O)N[C@@H]1CC. The van der Waals surface area contributed by atoms with E-state index in [0.717, 1.165) is 0 Å². The maximum absolute atomic E-state index is 13.2. The van der Waals surface area contributed by atoms with Gasteiger partial charge in [0.25, 0.3) is 0 Å². The molecule has 1 aromatic carbocycles. The Kier molecular flexibility index (Phi) is 7.51. The van der Waals surface area contributed by atoms with Crippen LogP contribution in [-0.4, -0.2) is 55.6 Å². The first-order chi connectivity index (χ1) is 13.3. The van der Waals surface area contributed by atoms with Gasteiger partial charge in [0.2, 0.25) is 5.91 Å². The fourth-order valence-electron chi connectivity index (χ4n) is 2.92. The third-order valence-electron chi connectivity index (χ3n) is 4.10. The molecule has 0 saturated carbocycles. The summed E-state index contributed by atoms with van der Waals surface area (Å²) in [6.45, 7) is 3.91. The number of hydrogen-bond acceptors (Lipinski definition) is 5. The van der Waals surface area contributed by atoms with Crippen molar-refractivity contribution in [1.29, 1.82) is 0 Å². The van der Waals surface area contributed by atoms with Crippen LogP contribution >= 0.6 is 0 Å². The first-order valence-corrected chi connectivity index (χ1v) is 9.05. The lowest BCUT2D eigenvalue weighted by atomic mass is 10.00. The van der Waals surface area contributed by atoms with Gasteiger partial charge in [-0.2, -0.15) is 0 Å². The number of nitrogens with zero attached hydrogens (tertiary/aromatic N) is 1. The number of urea groups is 1. The molecular formula is C19H25FN4O4. The van der Waals surface area contributed by atoms with Gasteiger partial charge in [0.15, 0.2) is 0 Å². The van der Waals surface area contributed by atoms with E-state index < -0.39 is 23.9 Å². The summed E-state index contributed by atoms with van der Waals surface area (Å²) in [5.41, 5.74) is 1.10. The lowest BCUT2D eigenvalue weighted by molar-refractivity contribution is -0.139. The highest BCUT2D eigenvalue weighted by Gasteiger charge is 2.31. The molecule has 8 nitrogen and oxygen atoms in total. The molecule has 0 aliphatic carbocycles. The van der Waals surface area contributed by atoms with Crippen LogP contribution < -0.4 is 16.0 Å². The van der Waals surface area contributed by atoms with Crippen molar-refractivity contribution in [2.75, 3.05) is 32.1 Å². The number of hydrogen-bond donors (Lipinski definition) is 3. The Hall–Kier alpha value is -2.94. The highest BCUT2D eigenvalue weighted by molar-refractivity contribution is 5.95. The Labute approximate surface area is 163 Å². The molecule has 3 N–H and O–H groups in total. The number of likely N-dealkylation sites (N-methyl/N-ethyl adjacent to an activating group) is 1. The van der Waals surface area contributed by atoms with Crippen molar-refractivity contribution in [3.8, 4) is 0 Å². The molecule has 0 unspecified atom stereocenters. The summed E-state index contributed by atoms with van der Waals surface area (Å²) in [6, 6.07) is 4.72. The van der Waals surface area contributed by atoms with E-state index in [0.29, 0.717) is 23.4 Å². The Morgan fingerprint density at radius 1 is 1.32 bits per heavy atom. The van der Waals surface area contributed by atoms with Gasteiger partial charge < -0.3 is 20.7 Å². The molecule has 0 fully saturated rings. The molecule has 2 rings (SSSR count). The molecule has 1 aromatic rings. The van der Waals surface area contributed by atoms with Crippen LogP contribution in [0.2, 0.25) is 0 Å². The zero-order chi connectivity index (χ0) is 20.7. The molecule has 1 atom stereocenters. The highest BCUT2D eigenvalue weighted by atomic mass is 19.1. The average Bonchev–Trinajstić information content (AvgIpc) is 2.60. The van der Waals surface area contributed by atoms with Gasteiger partial charge in [-0.15, -0.1) is 0 Å². The lowest BCUT2D eigenvalue weighted by Gasteiger charge is -2.30. The second-order valence-corrected chi connectivity index (χ2v) is 6.40.